The monoisotopic (exact) mass is 312 g/mol. The summed E-state index contributed by atoms with van der Waals surface area (Å²) in [7, 11) is 0. The van der Waals surface area contributed by atoms with Gasteiger partial charge in [0.25, 0.3) is 0 Å². The van der Waals surface area contributed by atoms with E-state index < -0.39 is 0 Å². The van der Waals surface area contributed by atoms with E-state index in [0.717, 1.165) is 17.9 Å². The fourth-order valence-electron chi connectivity index (χ4n) is 2.71. The summed E-state index contributed by atoms with van der Waals surface area (Å²) in [6, 6.07) is 18.7. The molecule has 1 aliphatic rings. The third-order valence-corrected chi connectivity index (χ3v) is 4.84. The number of nitrogens with one attached hydrogen (secondary N) is 2. The Hall–Kier alpha value is -1.78. The van der Waals surface area contributed by atoms with E-state index in [1.807, 2.05) is 30.3 Å². The molecule has 0 spiro atoms. The van der Waals surface area contributed by atoms with Crippen molar-refractivity contribution in [2.75, 3.05) is 18.8 Å². The minimum absolute atomic E-state index is 0.0821. The molecule has 3 nitrogen and oxygen atoms in total. The molecule has 4 heteroatoms. The summed E-state index contributed by atoms with van der Waals surface area (Å²) in [6.45, 7) is 1.61. The van der Waals surface area contributed by atoms with Crippen LogP contribution >= 0.6 is 11.8 Å². The normalized spacial score (nSPS) is 16.8. The largest absolute Gasteiger partial charge is 0.353 e. The Kier molecular flexibility index (Phi) is 5.14. The van der Waals surface area contributed by atoms with Crippen molar-refractivity contribution in [3.8, 4) is 0 Å². The van der Waals surface area contributed by atoms with Crippen LogP contribution in [0.5, 0.6) is 0 Å². The molecule has 0 fully saturated rings. The quantitative estimate of drug-likeness (QED) is 0.834. The number of amides is 1. The molecule has 0 aliphatic carbocycles. The van der Waals surface area contributed by atoms with E-state index in [1.54, 1.807) is 11.8 Å². The van der Waals surface area contributed by atoms with E-state index in [2.05, 4.69) is 34.9 Å². The second-order valence-corrected chi connectivity index (χ2v) is 6.41. The fourth-order valence-corrected chi connectivity index (χ4v) is 3.46. The highest BCUT2D eigenvalue weighted by atomic mass is 32.2. The summed E-state index contributed by atoms with van der Waals surface area (Å²) < 4.78 is 0. The highest BCUT2D eigenvalue weighted by Crippen LogP contribution is 2.22. The zero-order chi connectivity index (χ0) is 15.2. The van der Waals surface area contributed by atoms with Crippen molar-refractivity contribution >= 4 is 17.7 Å². The zero-order valence-electron chi connectivity index (χ0n) is 12.4. The number of rotatable bonds is 5. The van der Waals surface area contributed by atoms with Gasteiger partial charge in [-0.2, -0.15) is 0 Å². The molecule has 0 radical (unpaired) electrons. The van der Waals surface area contributed by atoms with Crippen molar-refractivity contribution in [1.29, 1.82) is 0 Å². The van der Waals surface area contributed by atoms with Crippen LogP contribution in [0.2, 0.25) is 0 Å². The molecule has 1 aliphatic heterocycles. The van der Waals surface area contributed by atoms with Crippen LogP contribution in [-0.2, 0) is 11.2 Å². The van der Waals surface area contributed by atoms with Crippen LogP contribution < -0.4 is 10.6 Å². The predicted octanol–water partition coefficient (Wildman–Crippen LogP) is 2.78. The summed E-state index contributed by atoms with van der Waals surface area (Å²) in [4.78, 5) is 13.1. The molecule has 0 saturated heterocycles. The van der Waals surface area contributed by atoms with Gasteiger partial charge in [-0.15, -0.1) is 11.8 Å². The van der Waals surface area contributed by atoms with Gasteiger partial charge in [0, 0.05) is 17.5 Å². The summed E-state index contributed by atoms with van der Waals surface area (Å²) in [5.41, 5.74) is 2.70. The maximum absolute atomic E-state index is 12.0. The minimum Gasteiger partial charge on any atom is -0.353 e. The molecule has 1 amide bonds. The lowest BCUT2D eigenvalue weighted by Gasteiger charge is -2.27. The Morgan fingerprint density at radius 3 is 2.77 bits per heavy atom. The number of benzene rings is 2. The second-order valence-electron chi connectivity index (χ2n) is 5.36. The number of carbonyl (C=O) groups is 1. The summed E-state index contributed by atoms with van der Waals surface area (Å²) in [6.07, 6.45) is 1.06. The molecule has 2 aromatic rings. The van der Waals surface area contributed by atoms with Crippen molar-refractivity contribution in [2.45, 2.75) is 17.4 Å². The number of hydrogen-bond donors (Lipinski definition) is 2. The Balaban J connectivity index is 1.50. The van der Waals surface area contributed by atoms with Crippen molar-refractivity contribution in [3.63, 3.8) is 0 Å². The van der Waals surface area contributed by atoms with E-state index in [-0.39, 0.29) is 11.9 Å². The summed E-state index contributed by atoms with van der Waals surface area (Å²) in [5, 5.41) is 6.52. The van der Waals surface area contributed by atoms with Crippen LogP contribution in [0.3, 0.4) is 0 Å². The van der Waals surface area contributed by atoms with Crippen LogP contribution in [-0.4, -0.2) is 24.7 Å². The number of carbonyl (C=O) groups excluding carboxylic acids is 1. The molecule has 114 valence electrons. The molecule has 1 unspecified atom stereocenters. The lowest BCUT2D eigenvalue weighted by molar-refractivity contribution is -0.118. The number of thioether (sulfide) groups is 1. The Morgan fingerprint density at radius 2 is 1.91 bits per heavy atom. The van der Waals surface area contributed by atoms with Crippen molar-refractivity contribution in [2.24, 2.45) is 0 Å². The maximum Gasteiger partial charge on any atom is 0.230 e. The van der Waals surface area contributed by atoms with Gasteiger partial charge in [0.15, 0.2) is 0 Å². The molecule has 2 N–H and O–H groups in total. The Morgan fingerprint density at radius 1 is 1.14 bits per heavy atom. The van der Waals surface area contributed by atoms with E-state index in [4.69, 9.17) is 0 Å². The van der Waals surface area contributed by atoms with Crippen molar-refractivity contribution < 1.29 is 4.79 Å². The first-order valence-corrected chi connectivity index (χ1v) is 8.57. The van der Waals surface area contributed by atoms with Crippen molar-refractivity contribution in [3.05, 3.63) is 65.7 Å². The average molecular weight is 312 g/mol. The van der Waals surface area contributed by atoms with Gasteiger partial charge >= 0.3 is 0 Å². The maximum atomic E-state index is 12.0. The van der Waals surface area contributed by atoms with Crippen LogP contribution in [0, 0.1) is 0 Å². The lowest BCUT2D eigenvalue weighted by atomic mass is 9.94. The third-order valence-electron chi connectivity index (χ3n) is 3.83. The first-order chi connectivity index (χ1) is 10.8. The molecule has 0 saturated carbocycles. The van der Waals surface area contributed by atoms with Gasteiger partial charge < -0.3 is 10.6 Å². The predicted molar refractivity (Wildman–Crippen MR) is 91.1 cm³/mol. The number of hydrogen-bond acceptors (Lipinski definition) is 3. The molecular weight excluding hydrogens is 292 g/mol. The number of fused-ring (bicyclic) bond motifs is 1. The van der Waals surface area contributed by atoms with Gasteiger partial charge in [0.2, 0.25) is 5.91 Å². The van der Waals surface area contributed by atoms with Gasteiger partial charge in [-0.25, -0.2) is 0 Å². The second kappa shape index (κ2) is 7.47. The third kappa shape index (κ3) is 3.90. The minimum atomic E-state index is 0.0821. The Bertz CT molecular complexity index is 630. The zero-order valence-corrected chi connectivity index (χ0v) is 13.2. The average Bonchev–Trinajstić information content (AvgIpc) is 2.59. The molecular formula is C18H20N2OS. The van der Waals surface area contributed by atoms with Gasteiger partial charge in [0.1, 0.15) is 0 Å². The van der Waals surface area contributed by atoms with Gasteiger partial charge in [0.05, 0.1) is 5.75 Å². The molecule has 2 aromatic carbocycles. The molecule has 1 atom stereocenters. The van der Waals surface area contributed by atoms with E-state index in [9.17, 15) is 4.79 Å². The van der Waals surface area contributed by atoms with E-state index >= 15 is 0 Å². The smallest absolute Gasteiger partial charge is 0.230 e. The highest BCUT2D eigenvalue weighted by molar-refractivity contribution is 8.00. The fraction of sp³-hybridized carbons (Fsp3) is 0.278. The first kappa shape index (κ1) is 15.1. The van der Waals surface area contributed by atoms with Gasteiger partial charge in [-0.05, 0) is 36.2 Å². The summed E-state index contributed by atoms with van der Waals surface area (Å²) in [5.74, 6) is 0.539. The van der Waals surface area contributed by atoms with Crippen LogP contribution in [0.1, 0.15) is 17.2 Å². The molecule has 0 aromatic heterocycles. The molecule has 22 heavy (non-hydrogen) atoms. The summed E-state index contributed by atoms with van der Waals surface area (Å²) >= 11 is 1.57. The van der Waals surface area contributed by atoms with E-state index in [1.165, 1.54) is 11.1 Å². The van der Waals surface area contributed by atoms with Crippen LogP contribution in [0.4, 0.5) is 0 Å². The molecule has 3 rings (SSSR count). The standard InChI is InChI=1S/C18H20N2OS/c21-18(13-22-15-7-2-1-3-8-15)20-12-17-16-9-5-4-6-14(16)10-11-19-17/h1-9,17,19H,10-13H2,(H,20,21). The SMILES string of the molecule is O=C(CSc1ccccc1)NCC1NCCc2ccccc21. The topological polar surface area (TPSA) is 41.1 Å². The first-order valence-electron chi connectivity index (χ1n) is 7.58. The van der Waals surface area contributed by atoms with Gasteiger partial charge in [-0.3, -0.25) is 4.79 Å². The lowest BCUT2D eigenvalue weighted by Crippen LogP contribution is -2.39. The van der Waals surface area contributed by atoms with Crippen LogP contribution in [0.15, 0.2) is 59.5 Å². The molecule has 1 heterocycles. The highest BCUT2D eigenvalue weighted by Gasteiger charge is 2.19. The Labute approximate surface area is 135 Å². The molecule has 0 bridgehead atoms. The van der Waals surface area contributed by atoms with Crippen LogP contribution in [0.25, 0.3) is 0 Å². The van der Waals surface area contributed by atoms with Gasteiger partial charge in [-0.1, -0.05) is 42.5 Å². The van der Waals surface area contributed by atoms with E-state index in [0.29, 0.717) is 12.3 Å². The van der Waals surface area contributed by atoms with Crippen molar-refractivity contribution in [1.82, 2.24) is 10.6 Å².